The number of amidine groups is 1. The molecule has 0 amide bonds. The van der Waals surface area contributed by atoms with Crippen LogP contribution in [-0.2, 0) is 0 Å². The highest BCUT2D eigenvalue weighted by Gasteiger charge is 2.18. The fourth-order valence-electron chi connectivity index (χ4n) is 2.19. The first-order valence-electron chi connectivity index (χ1n) is 6.40. The molecule has 0 bridgehead atoms. The lowest BCUT2D eigenvalue weighted by atomic mass is 10.1. The standard InChI is InChI=1S/C15H18N4O2/c1-10-8-9-17-15(13(10)14(16)18-20)19(2)11-6-4-5-7-12(11)21-3/h4-9,20H,1-3H3,(H2,16,18). The number of hydrogen-bond donors (Lipinski definition) is 2. The van der Waals surface area contributed by atoms with Crippen molar-refractivity contribution in [1.29, 1.82) is 0 Å². The number of nitrogens with zero attached hydrogens (tertiary/aromatic N) is 3. The number of pyridine rings is 1. The summed E-state index contributed by atoms with van der Waals surface area (Å²) >= 11 is 0. The van der Waals surface area contributed by atoms with E-state index in [2.05, 4.69) is 10.1 Å². The van der Waals surface area contributed by atoms with Crippen LogP contribution < -0.4 is 15.4 Å². The molecule has 0 fully saturated rings. The van der Waals surface area contributed by atoms with Crippen molar-refractivity contribution in [2.24, 2.45) is 10.9 Å². The molecule has 0 atom stereocenters. The summed E-state index contributed by atoms with van der Waals surface area (Å²) in [7, 11) is 3.47. The van der Waals surface area contributed by atoms with Crippen molar-refractivity contribution < 1.29 is 9.94 Å². The largest absolute Gasteiger partial charge is 0.495 e. The smallest absolute Gasteiger partial charge is 0.174 e. The molecule has 21 heavy (non-hydrogen) atoms. The van der Waals surface area contributed by atoms with E-state index < -0.39 is 0 Å². The normalized spacial score (nSPS) is 11.3. The first-order chi connectivity index (χ1) is 10.1. The van der Waals surface area contributed by atoms with E-state index in [-0.39, 0.29) is 5.84 Å². The van der Waals surface area contributed by atoms with Crippen molar-refractivity contribution >= 4 is 17.3 Å². The lowest BCUT2D eigenvalue weighted by molar-refractivity contribution is 0.318. The third-order valence-electron chi connectivity index (χ3n) is 3.27. The summed E-state index contributed by atoms with van der Waals surface area (Å²) in [5, 5.41) is 12.1. The highest BCUT2D eigenvalue weighted by Crippen LogP contribution is 2.33. The Morgan fingerprint density at radius 3 is 2.71 bits per heavy atom. The van der Waals surface area contributed by atoms with Crippen LogP contribution >= 0.6 is 0 Å². The number of nitrogens with two attached hydrogens (primary N) is 1. The zero-order valence-corrected chi connectivity index (χ0v) is 12.2. The SMILES string of the molecule is COc1ccccc1N(C)c1nccc(C)c1/C(N)=N/O. The number of anilines is 2. The Morgan fingerprint density at radius 2 is 2.05 bits per heavy atom. The van der Waals surface area contributed by atoms with E-state index in [0.29, 0.717) is 17.1 Å². The molecule has 2 rings (SSSR count). The van der Waals surface area contributed by atoms with Gasteiger partial charge in [0.2, 0.25) is 0 Å². The van der Waals surface area contributed by atoms with Gasteiger partial charge in [-0.05, 0) is 30.7 Å². The van der Waals surface area contributed by atoms with Gasteiger partial charge < -0.3 is 20.6 Å². The fourth-order valence-corrected chi connectivity index (χ4v) is 2.19. The van der Waals surface area contributed by atoms with E-state index in [1.54, 1.807) is 13.3 Å². The summed E-state index contributed by atoms with van der Waals surface area (Å²) in [5.74, 6) is 1.33. The zero-order valence-electron chi connectivity index (χ0n) is 12.2. The van der Waals surface area contributed by atoms with Gasteiger partial charge in [-0.25, -0.2) is 4.98 Å². The summed E-state index contributed by atoms with van der Waals surface area (Å²) in [5.41, 5.74) is 8.09. The number of hydrogen-bond acceptors (Lipinski definition) is 5. The molecule has 0 saturated carbocycles. The van der Waals surface area contributed by atoms with Crippen molar-refractivity contribution in [3.8, 4) is 5.75 Å². The Hall–Kier alpha value is -2.76. The summed E-state index contributed by atoms with van der Waals surface area (Å²) in [6, 6.07) is 9.40. The predicted octanol–water partition coefficient (Wildman–Crippen LogP) is 2.26. The Kier molecular flexibility index (Phi) is 4.27. The molecule has 0 spiro atoms. The van der Waals surface area contributed by atoms with Gasteiger partial charge >= 0.3 is 0 Å². The van der Waals surface area contributed by atoms with Gasteiger partial charge in [0.25, 0.3) is 0 Å². The average Bonchev–Trinajstić information content (AvgIpc) is 2.53. The van der Waals surface area contributed by atoms with Crippen LogP contribution in [0.25, 0.3) is 0 Å². The van der Waals surface area contributed by atoms with Gasteiger partial charge in [0, 0.05) is 13.2 Å². The first kappa shape index (κ1) is 14.6. The Labute approximate surface area is 123 Å². The molecular weight excluding hydrogens is 268 g/mol. The van der Waals surface area contributed by atoms with E-state index in [1.165, 1.54) is 0 Å². The van der Waals surface area contributed by atoms with Crippen LogP contribution in [0.5, 0.6) is 5.75 Å². The number of aromatic nitrogens is 1. The molecule has 6 nitrogen and oxygen atoms in total. The van der Waals surface area contributed by atoms with Crippen molar-refractivity contribution in [3.63, 3.8) is 0 Å². The average molecular weight is 286 g/mol. The van der Waals surface area contributed by atoms with E-state index in [1.807, 2.05) is 49.2 Å². The van der Waals surface area contributed by atoms with Crippen molar-refractivity contribution in [1.82, 2.24) is 4.98 Å². The second-order valence-corrected chi connectivity index (χ2v) is 4.54. The predicted molar refractivity (Wildman–Crippen MR) is 82.5 cm³/mol. The number of ether oxygens (including phenoxy) is 1. The molecule has 6 heteroatoms. The molecule has 1 aromatic heterocycles. The molecule has 3 N–H and O–H groups in total. The number of aryl methyl sites for hydroxylation is 1. The van der Waals surface area contributed by atoms with Gasteiger partial charge in [0.15, 0.2) is 5.84 Å². The number of methoxy groups -OCH3 is 1. The zero-order chi connectivity index (χ0) is 15.4. The lowest BCUT2D eigenvalue weighted by Crippen LogP contribution is -2.22. The summed E-state index contributed by atoms with van der Waals surface area (Å²) in [6.07, 6.45) is 1.69. The van der Waals surface area contributed by atoms with E-state index in [9.17, 15) is 0 Å². The maximum Gasteiger partial charge on any atom is 0.174 e. The summed E-state index contributed by atoms with van der Waals surface area (Å²) in [6.45, 7) is 1.88. The minimum atomic E-state index is 0.0253. The number of para-hydroxylation sites is 2. The molecular formula is C15H18N4O2. The molecule has 110 valence electrons. The third kappa shape index (κ3) is 2.74. The third-order valence-corrected chi connectivity index (χ3v) is 3.27. The number of benzene rings is 1. The van der Waals surface area contributed by atoms with Gasteiger partial charge in [0.1, 0.15) is 11.6 Å². The fraction of sp³-hybridized carbons (Fsp3) is 0.200. The molecule has 0 unspecified atom stereocenters. The Morgan fingerprint density at radius 1 is 1.33 bits per heavy atom. The maximum absolute atomic E-state index is 8.98. The lowest BCUT2D eigenvalue weighted by Gasteiger charge is -2.23. The van der Waals surface area contributed by atoms with Crippen molar-refractivity contribution in [2.45, 2.75) is 6.92 Å². The highest BCUT2D eigenvalue weighted by molar-refractivity contribution is 6.03. The summed E-state index contributed by atoms with van der Waals surface area (Å²) < 4.78 is 5.36. The van der Waals surface area contributed by atoms with Crippen LogP contribution in [0.2, 0.25) is 0 Å². The van der Waals surface area contributed by atoms with Crippen LogP contribution in [0.4, 0.5) is 11.5 Å². The molecule has 0 aliphatic heterocycles. The molecule has 2 aromatic rings. The second-order valence-electron chi connectivity index (χ2n) is 4.54. The van der Waals surface area contributed by atoms with Crippen molar-refractivity contribution in [2.75, 3.05) is 19.1 Å². The van der Waals surface area contributed by atoms with Gasteiger partial charge in [-0.15, -0.1) is 0 Å². The van der Waals surface area contributed by atoms with E-state index in [0.717, 1.165) is 11.3 Å². The summed E-state index contributed by atoms with van der Waals surface area (Å²) in [4.78, 5) is 6.21. The quantitative estimate of drug-likeness (QED) is 0.390. The highest BCUT2D eigenvalue weighted by atomic mass is 16.5. The molecule has 1 aromatic carbocycles. The first-order valence-corrected chi connectivity index (χ1v) is 6.40. The van der Waals surface area contributed by atoms with Gasteiger partial charge in [0.05, 0.1) is 18.4 Å². The van der Waals surface area contributed by atoms with Crippen LogP contribution in [0.1, 0.15) is 11.1 Å². The maximum atomic E-state index is 8.98. The molecule has 0 aliphatic rings. The Balaban J connectivity index is 2.59. The number of oxime groups is 1. The van der Waals surface area contributed by atoms with Crippen LogP contribution in [0.3, 0.4) is 0 Å². The monoisotopic (exact) mass is 286 g/mol. The molecule has 0 aliphatic carbocycles. The van der Waals surface area contributed by atoms with Gasteiger partial charge in [-0.3, -0.25) is 0 Å². The van der Waals surface area contributed by atoms with E-state index >= 15 is 0 Å². The minimum absolute atomic E-state index is 0.0253. The van der Waals surface area contributed by atoms with Gasteiger partial charge in [-0.1, -0.05) is 17.3 Å². The van der Waals surface area contributed by atoms with E-state index in [4.69, 9.17) is 15.7 Å². The second kappa shape index (κ2) is 6.13. The number of rotatable bonds is 4. The Bertz CT molecular complexity index is 670. The van der Waals surface area contributed by atoms with Crippen LogP contribution in [0.15, 0.2) is 41.7 Å². The van der Waals surface area contributed by atoms with Crippen LogP contribution in [0, 0.1) is 6.92 Å². The van der Waals surface area contributed by atoms with Crippen LogP contribution in [-0.4, -0.2) is 30.2 Å². The van der Waals surface area contributed by atoms with Crippen molar-refractivity contribution in [3.05, 3.63) is 47.7 Å². The molecule has 0 radical (unpaired) electrons. The minimum Gasteiger partial charge on any atom is -0.495 e. The molecule has 1 heterocycles. The van der Waals surface area contributed by atoms with Gasteiger partial charge in [-0.2, -0.15) is 0 Å². The topological polar surface area (TPSA) is 84.0 Å². The molecule has 0 saturated heterocycles.